The molecule has 184 valence electrons. The average molecular weight is 515 g/mol. The lowest BCUT2D eigenvalue weighted by molar-refractivity contribution is -0.0110. The summed E-state index contributed by atoms with van der Waals surface area (Å²) < 4.78 is 0. The van der Waals surface area contributed by atoms with E-state index in [4.69, 9.17) is 28.9 Å². The van der Waals surface area contributed by atoms with Gasteiger partial charge < -0.3 is 15.9 Å². The lowest BCUT2D eigenvalue weighted by Gasteiger charge is -2.44. The molecule has 1 unspecified atom stereocenters. The number of carbonyl (C=O) groups excluding carboxylic acids is 1. The maximum atomic E-state index is 11.7. The lowest BCUT2D eigenvalue weighted by atomic mass is 9.86. The number of aliphatic hydroxyl groups is 2. The summed E-state index contributed by atoms with van der Waals surface area (Å²) in [4.78, 5) is 23.2. The van der Waals surface area contributed by atoms with Gasteiger partial charge in [-0.15, -0.1) is 0 Å². The Morgan fingerprint density at radius 1 is 1.00 bits per heavy atom. The number of pyridine rings is 2. The van der Waals surface area contributed by atoms with Crippen LogP contribution in [0.15, 0.2) is 42.7 Å². The van der Waals surface area contributed by atoms with E-state index in [2.05, 4.69) is 14.9 Å². The van der Waals surface area contributed by atoms with Crippen molar-refractivity contribution in [1.82, 2.24) is 14.9 Å². The summed E-state index contributed by atoms with van der Waals surface area (Å²) >= 11 is 12.4. The summed E-state index contributed by atoms with van der Waals surface area (Å²) in [5.74, 6) is -0.551. The predicted octanol–water partition coefficient (Wildman–Crippen LogP) is 4.43. The molecule has 1 amide bonds. The van der Waals surface area contributed by atoms with Crippen molar-refractivity contribution >= 4 is 29.1 Å². The number of piperidine rings is 1. The molecule has 1 aromatic carbocycles. The number of amides is 1. The van der Waals surface area contributed by atoms with Gasteiger partial charge in [-0.25, -0.2) is 0 Å². The Kier molecular flexibility index (Phi) is 7.73. The third-order valence-corrected chi connectivity index (χ3v) is 7.02. The highest BCUT2D eigenvalue weighted by Gasteiger charge is 2.39. The molecule has 1 saturated heterocycles. The van der Waals surface area contributed by atoms with Crippen LogP contribution in [0, 0.1) is 13.8 Å². The van der Waals surface area contributed by atoms with Gasteiger partial charge in [0.25, 0.3) is 0 Å². The number of aryl methyl sites for hydroxylation is 2. The molecule has 4 N–H and O–H groups in total. The average Bonchev–Trinajstić information content (AvgIpc) is 2.80. The number of hydrogen-bond donors (Lipinski definition) is 3. The number of primary amides is 1. The quantitative estimate of drug-likeness (QED) is 0.448. The van der Waals surface area contributed by atoms with Crippen LogP contribution in [0.3, 0.4) is 0 Å². The molecule has 1 aliphatic rings. The van der Waals surface area contributed by atoms with Gasteiger partial charge in [0.1, 0.15) is 0 Å². The molecule has 4 rings (SSSR count). The largest absolute Gasteiger partial charge is 0.393 e. The zero-order chi connectivity index (χ0) is 25.3. The Bertz CT molecular complexity index is 1190. The molecule has 9 heteroatoms. The first-order chi connectivity index (χ1) is 16.7. The molecular weight excluding hydrogens is 487 g/mol. The minimum Gasteiger partial charge on any atom is -0.393 e. The number of carbonyl (C=O) groups is 1. The van der Waals surface area contributed by atoms with Crippen LogP contribution in [-0.2, 0) is 13.2 Å². The van der Waals surface area contributed by atoms with Crippen LogP contribution in [0.2, 0.25) is 10.0 Å². The molecule has 3 heterocycles. The van der Waals surface area contributed by atoms with Gasteiger partial charge in [-0.1, -0.05) is 29.3 Å². The van der Waals surface area contributed by atoms with Crippen LogP contribution in [0.5, 0.6) is 0 Å². The second-order valence-electron chi connectivity index (χ2n) is 9.05. The van der Waals surface area contributed by atoms with Gasteiger partial charge in [0.05, 0.1) is 46.2 Å². The molecule has 2 aromatic heterocycles. The Morgan fingerprint density at radius 3 is 2.00 bits per heavy atom. The summed E-state index contributed by atoms with van der Waals surface area (Å²) in [5, 5.41) is 22.1. The van der Waals surface area contributed by atoms with E-state index in [-0.39, 0.29) is 18.7 Å². The number of benzene rings is 1. The number of nitrogens with two attached hydrogens (primary N) is 1. The zero-order valence-corrected chi connectivity index (χ0v) is 21.1. The Balaban J connectivity index is 1.83. The molecule has 3 atom stereocenters. The van der Waals surface area contributed by atoms with Crippen LogP contribution < -0.4 is 5.73 Å². The van der Waals surface area contributed by atoms with Crippen molar-refractivity contribution in [3.8, 4) is 0 Å². The van der Waals surface area contributed by atoms with E-state index in [1.54, 1.807) is 24.5 Å². The van der Waals surface area contributed by atoms with Crippen LogP contribution in [0.25, 0.3) is 0 Å². The number of hydrogen-bond acceptors (Lipinski definition) is 6. The summed E-state index contributed by atoms with van der Waals surface area (Å²) in [7, 11) is 0. The topological polar surface area (TPSA) is 113 Å². The van der Waals surface area contributed by atoms with Gasteiger partial charge >= 0.3 is 0 Å². The van der Waals surface area contributed by atoms with Gasteiger partial charge in [0.15, 0.2) is 0 Å². The van der Waals surface area contributed by atoms with Crippen LogP contribution in [-0.4, -0.2) is 37.1 Å². The summed E-state index contributed by atoms with van der Waals surface area (Å²) in [6.45, 7) is 4.10. The van der Waals surface area contributed by atoms with Crippen LogP contribution in [0.1, 0.15) is 68.9 Å². The number of aromatic nitrogens is 2. The first-order valence-corrected chi connectivity index (χ1v) is 12.1. The number of rotatable bonds is 6. The zero-order valence-electron chi connectivity index (χ0n) is 19.6. The minimum absolute atomic E-state index is 0.236. The monoisotopic (exact) mass is 514 g/mol. The highest BCUT2D eigenvalue weighted by Crippen LogP contribution is 2.44. The van der Waals surface area contributed by atoms with E-state index in [0.29, 0.717) is 40.6 Å². The molecule has 1 aliphatic heterocycles. The third kappa shape index (κ3) is 5.50. The number of nitrogens with zero attached hydrogens (tertiary/aromatic N) is 3. The number of likely N-dealkylation sites (tertiary alicyclic amines) is 1. The lowest BCUT2D eigenvalue weighted by Crippen LogP contribution is -2.42. The number of aliphatic hydroxyl groups excluding tert-OH is 2. The summed E-state index contributed by atoms with van der Waals surface area (Å²) in [6, 6.07) is 8.36. The summed E-state index contributed by atoms with van der Waals surface area (Å²) in [6.07, 6.45) is 3.62. The van der Waals surface area contributed by atoms with Gasteiger partial charge in [-0.3, -0.25) is 19.7 Å². The fraction of sp³-hybridized carbons (Fsp3) is 0.346. The third-order valence-electron chi connectivity index (χ3n) is 6.61. The predicted molar refractivity (Wildman–Crippen MR) is 135 cm³/mol. The second kappa shape index (κ2) is 10.6. The van der Waals surface area contributed by atoms with Crippen molar-refractivity contribution in [2.45, 2.75) is 58.0 Å². The van der Waals surface area contributed by atoms with Crippen molar-refractivity contribution in [1.29, 1.82) is 0 Å². The van der Waals surface area contributed by atoms with E-state index < -0.39 is 12.0 Å². The molecule has 0 spiro atoms. The number of halogens is 2. The Hall–Kier alpha value is -2.55. The Labute approximate surface area is 214 Å². The fourth-order valence-electron chi connectivity index (χ4n) is 4.93. The van der Waals surface area contributed by atoms with Gasteiger partial charge in [0.2, 0.25) is 5.91 Å². The van der Waals surface area contributed by atoms with Crippen molar-refractivity contribution in [2.24, 2.45) is 5.73 Å². The molecule has 1 fully saturated rings. The van der Waals surface area contributed by atoms with E-state index in [1.165, 1.54) is 0 Å². The van der Waals surface area contributed by atoms with Gasteiger partial charge in [-0.05, 0) is 73.2 Å². The van der Waals surface area contributed by atoms with Gasteiger partial charge in [-0.2, -0.15) is 0 Å². The van der Waals surface area contributed by atoms with E-state index >= 15 is 0 Å². The second-order valence-corrected chi connectivity index (χ2v) is 9.92. The standard InChI is InChI=1S/C26H28Cl2N4O3/c1-14-5-19(27)10-30-24(14)22-8-21(34)9-23(25-15(2)6-20(28)11-31-25)32(22)12-17-4-3-16(26(29)35)7-18(17)13-33/h3-7,10-11,21-23,33-34H,8-9,12-13H2,1-2H3,(H2,29,35)/t21?,22-,23+. The maximum Gasteiger partial charge on any atom is 0.248 e. The first-order valence-electron chi connectivity index (χ1n) is 11.4. The van der Waals surface area contributed by atoms with Crippen LogP contribution in [0.4, 0.5) is 0 Å². The van der Waals surface area contributed by atoms with Crippen molar-refractivity contribution in [3.05, 3.63) is 92.0 Å². The van der Waals surface area contributed by atoms with Crippen molar-refractivity contribution in [3.63, 3.8) is 0 Å². The molecule has 0 aliphatic carbocycles. The molecule has 7 nitrogen and oxygen atoms in total. The SMILES string of the molecule is Cc1cc(Cl)cnc1[C@H]1CC(O)C[C@@H](c2ncc(Cl)cc2C)N1Cc1ccc(C(N)=O)cc1CO. The molecular formula is C26H28Cl2N4O3. The molecule has 35 heavy (non-hydrogen) atoms. The van der Waals surface area contributed by atoms with Gasteiger partial charge in [0, 0.05) is 24.5 Å². The van der Waals surface area contributed by atoms with Crippen LogP contribution >= 0.6 is 23.2 Å². The highest BCUT2D eigenvalue weighted by molar-refractivity contribution is 6.30. The molecule has 3 aromatic rings. The minimum atomic E-state index is -0.565. The van der Waals surface area contributed by atoms with E-state index in [1.807, 2.05) is 32.0 Å². The van der Waals surface area contributed by atoms with Crippen molar-refractivity contribution in [2.75, 3.05) is 0 Å². The van der Waals surface area contributed by atoms with Crippen molar-refractivity contribution < 1.29 is 15.0 Å². The molecule has 0 bridgehead atoms. The molecule has 0 radical (unpaired) electrons. The smallest absolute Gasteiger partial charge is 0.248 e. The van der Waals surface area contributed by atoms with E-state index in [0.717, 1.165) is 28.1 Å². The highest BCUT2D eigenvalue weighted by atomic mass is 35.5. The first kappa shape index (κ1) is 25.5. The fourth-order valence-corrected chi connectivity index (χ4v) is 5.36. The normalized spacial score (nSPS) is 20.7. The van der Waals surface area contributed by atoms with E-state index in [9.17, 15) is 15.0 Å². The Morgan fingerprint density at radius 2 is 1.54 bits per heavy atom. The maximum absolute atomic E-state index is 11.7. The molecule has 0 saturated carbocycles. The summed E-state index contributed by atoms with van der Waals surface area (Å²) in [5.41, 5.74) is 10.7.